The van der Waals surface area contributed by atoms with Gasteiger partial charge in [-0.15, -0.1) is 0 Å². The van der Waals surface area contributed by atoms with Gasteiger partial charge in [-0.3, -0.25) is 9.48 Å². The smallest absolute Gasteiger partial charge is 0.216 e. The molecule has 0 unspecified atom stereocenters. The van der Waals surface area contributed by atoms with Gasteiger partial charge in [-0.2, -0.15) is 5.10 Å². The van der Waals surface area contributed by atoms with Gasteiger partial charge in [0.1, 0.15) is 5.82 Å². The van der Waals surface area contributed by atoms with Crippen LogP contribution in [0.3, 0.4) is 0 Å². The molecule has 1 aliphatic carbocycles. The van der Waals surface area contributed by atoms with Gasteiger partial charge in [-0.05, 0) is 30.4 Å². The van der Waals surface area contributed by atoms with Crippen molar-refractivity contribution >= 4 is 16.8 Å². The lowest BCUT2D eigenvalue weighted by Gasteiger charge is -2.05. The predicted molar refractivity (Wildman–Crippen MR) is 70.2 cm³/mol. The van der Waals surface area contributed by atoms with E-state index >= 15 is 0 Å². The largest absolute Gasteiger partial charge is 0.356 e. The Morgan fingerprint density at radius 2 is 2.37 bits per heavy atom. The quantitative estimate of drug-likeness (QED) is 0.918. The van der Waals surface area contributed by atoms with Gasteiger partial charge < -0.3 is 5.32 Å². The highest BCUT2D eigenvalue weighted by Gasteiger charge is 2.41. The monoisotopic (exact) mass is 261 g/mol. The first-order chi connectivity index (χ1) is 9.06. The molecule has 0 aliphatic heterocycles. The summed E-state index contributed by atoms with van der Waals surface area (Å²) in [5.74, 6) is 0.325. The van der Waals surface area contributed by atoms with Gasteiger partial charge in [0.05, 0.1) is 5.52 Å². The number of nitrogens with zero attached hydrogens (tertiary/aromatic N) is 2. The Bertz CT molecular complexity index is 649. The third-order valence-corrected chi connectivity index (χ3v) is 3.70. The van der Waals surface area contributed by atoms with Crippen molar-refractivity contribution < 1.29 is 9.18 Å². The Labute approximate surface area is 110 Å². The number of hydrogen-bond donors (Lipinski definition) is 1. The molecule has 1 aromatic carbocycles. The van der Waals surface area contributed by atoms with Gasteiger partial charge >= 0.3 is 0 Å². The van der Waals surface area contributed by atoms with Crippen molar-refractivity contribution in [2.45, 2.75) is 19.3 Å². The number of benzene rings is 1. The molecule has 1 aliphatic rings. The van der Waals surface area contributed by atoms with Crippen LogP contribution in [0.25, 0.3) is 10.9 Å². The molecule has 1 fully saturated rings. The van der Waals surface area contributed by atoms with Crippen molar-refractivity contribution in [3.05, 3.63) is 29.7 Å². The summed E-state index contributed by atoms with van der Waals surface area (Å²) in [6.45, 7) is 2.12. The number of carbonyl (C=O) groups is 1. The van der Waals surface area contributed by atoms with E-state index in [9.17, 15) is 9.18 Å². The molecule has 3 rings (SSSR count). The molecule has 19 heavy (non-hydrogen) atoms. The van der Waals surface area contributed by atoms with Crippen LogP contribution in [0.15, 0.2) is 18.3 Å². The lowest BCUT2D eigenvalue weighted by Crippen LogP contribution is -2.22. The predicted octanol–water partition coefficient (Wildman–Crippen LogP) is 1.95. The maximum Gasteiger partial charge on any atom is 0.216 e. The zero-order chi connectivity index (χ0) is 13.6. The Balaban J connectivity index is 1.89. The van der Waals surface area contributed by atoms with Gasteiger partial charge in [-0.1, -0.05) is 0 Å². The summed E-state index contributed by atoms with van der Waals surface area (Å²) in [6.07, 6.45) is 2.78. The van der Waals surface area contributed by atoms with Crippen molar-refractivity contribution in [1.29, 1.82) is 0 Å². The molecule has 2 atom stereocenters. The van der Waals surface area contributed by atoms with Crippen molar-refractivity contribution in [3.63, 3.8) is 0 Å². The van der Waals surface area contributed by atoms with Gasteiger partial charge in [0, 0.05) is 37.7 Å². The van der Waals surface area contributed by atoms with Crippen LogP contribution in [0.1, 0.15) is 24.8 Å². The van der Waals surface area contributed by atoms with E-state index in [0.29, 0.717) is 12.5 Å². The summed E-state index contributed by atoms with van der Waals surface area (Å²) in [4.78, 5) is 10.9. The zero-order valence-electron chi connectivity index (χ0n) is 11.0. The van der Waals surface area contributed by atoms with Crippen molar-refractivity contribution in [2.24, 2.45) is 13.0 Å². The molecule has 0 bridgehead atoms. The van der Waals surface area contributed by atoms with Gasteiger partial charge in [0.2, 0.25) is 5.91 Å². The molecule has 1 heterocycles. The average molecular weight is 261 g/mol. The normalized spacial score (nSPS) is 21.6. The molecule has 5 heteroatoms. The maximum atomic E-state index is 14.1. The second-order valence-electron chi connectivity index (χ2n) is 5.24. The summed E-state index contributed by atoms with van der Waals surface area (Å²) in [5, 5.41) is 7.99. The van der Waals surface area contributed by atoms with Crippen LogP contribution < -0.4 is 5.32 Å². The maximum absolute atomic E-state index is 14.1. The molecule has 100 valence electrons. The standard InChI is InChI=1S/C14H16FN3O/c1-8(19)16-6-9-5-10(9)14-11-7-18(2)17-13(11)4-3-12(14)15/h3-4,7,9-10H,5-6H2,1-2H3,(H,16,19)/t9-,10+/m1/s1. The molecule has 1 amide bonds. The van der Waals surface area contributed by atoms with E-state index in [1.165, 1.54) is 13.0 Å². The number of halogens is 1. The molecule has 4 nitrogen and oxygen atoms in total. The average Bonchev–Trinajstić information content (AvgIpc) is 3.00. The van der Waals surface area contributed by atoms with E-state index in [0.717, 1.165) is 22.9 Å². The second kappa shape index (κ2) is 4.33. The van der Waals surface area contributed by atoms with Crippen LogP contribution in [0, 0.1) is 11.7 Å². The van der Waals surface area contributed by atoms with Crippen molar-refractivity contribution in [2.75, 3.05) is 6.54 Å². The minimum atomic E-state index is -0.171. The number of amides is 1. The van der Waals surface area contributed by atoms with Crippen molar-refractivity contribution in [1.82, 2.24) is 15.1 Å². The third-order valence-electron chi connectivity index (χ3n) is 3.70. The highest BCUT2D eigenvalue weighted by molar-refractivity contribution is 5.83. The summed E-state index contributed by atoms with van der Waals surface area (Å²) in [6, 6.07) is 3.19. The molecule has 0 spiro atoms. The highest BCUT2D eigenvalue weighted by atomic mass is 19.1. The molecular weight excluding hydrogens is 245 g/mol. The number of aromatic nitrogens is 2. The summed E-state index contributed by atoms with van der Waals surface area (Å²) < 4.78 is 15.8. The molecule has 0 saturated heterocycles. The van der Waals surface area contributed by atoms with Crippen LogP contribution >= 0.6 is 0 Å². The minimum absolute atomic E-state index is 0.0364. The van der Waals surface area contributed by atoms with E-state index in [1.807, 2.05) is 13.2 Å². The Morgan fingerprint density at radius 1 is 1.58 bits per heavy atom. The molecule has 1 N–H and O–H groups in total. The molecule has 1 saturated carbocycles. The molecule has 1 aromatic heterocycles. The van der Waals surface area contributed by atoms with Crippen LogP contribution in [0.5, 0.6) is 0 Å². The van der Waals surface area contributed by atoms with Gasteiger partial charge in [0.15, 0.2) is 0 Å². The van der Waals surface area contributed by atoms with E-state index in [1.54, 1.807) is 10.7 Å². The SMILES string of the molecule is CC(=O)NC[C@H]1C[C@@H]1c1c(F)ccc2nn(C)cc12. The fourth-order valence-corrected chi connectivity index (χ4v) is 2.69. The van der Waals surface area contributed by atoms with Crippen molar-refractivity contribution in [3.8, 4) is 0 Å². The number of rotatable bonds is 3. The first-order valence-corrected chi connectivity index (χ1v) is 6.42. The van der Waals surface area contributed by atoms with Crippen LogP contribution in [0.4, 0.5) is 4.39 Å². The summed E-state index contributed by atoms with van der Waals surface area (Å²) in [7, 11) is 1.84. The molecule has 0 radical (unpaired) electrons. The summed E-state index contributed by atoms with van der Waals surface area (Å²) in [5.41, 5.74) is 1.57. The zero-order valence-corrected chi connectivity index (χ0v) is 11.0. The Morgan fingerprint density at radius 3 is 3.11 bits per heavy atom. The fourth-order valence-electron chi connectivity index (χ4n) is 2.69. The number of carbonyl (C=O) groups excluding carboxylic acids is 1. The molecule has 2 aromatic rings. The number of fused-ring (bicyclic) bond motifs is 1. The van der Waals surface area contributed by atoms with E-state index in [2.05, 4.69) is 10.4 Å². The Hall–Kier alpha value is -1.91. The van der Waals surface area contributed by atoms with E-state index in [-0.39, 0.29) is 17.6 Å². The summed E-state index contributed by atoms with van der Waals surface area (Å²) >= 11 is 0. The highest BCUT2D eigenvalue weighted by Crippen LogP contribution is 2.49. The first kappa shape index (κ1) is 12.1. The van der Waals surface area contributed by atoms with E-state index < -0.39 is 0 Å². The lowest BCUT2D eigenvalue weighted by molar-refractivity contribution is -0.119. The fraction of sp³-hybridized carbons (Fsp3) is 0.429. The van der Waals surface area contributed by atoms with Crippen LogP contribution in [-0.2, 0) is 11.8 Å². The minimum Gasteiger partial charge on any atom is -0.356 e. The van der Waals surface area contributed by atoms with Crippen LogP contribution in [0.2, 0.25) is 0 Å². The first-order valence-electron chi connectivity index (χ1n) is 6.42. The van der Waals surface area contributed by atoms with Crippen LogP contribution in [-0.4, -0.2) is 22.2 Å². The number of nitrogens with one attached hydrogen (secondary N) is 1. The number of aryl methyl sites for hydroxylation is 1. The van der Waals surface area contributed by atoms with E-state index in [4.69, 9.17) is 0 Å². The second-order valence-corrected chi connectivity index (χ2v) is 5.24. The van der Waals surface area contributed by atoms with Gasteiger partial charge in [0.25, 0.3) is 0 Å². The number of hydrogen-bond acceptors (Lipinski definition) is 2. The third kappa shape index (κ3) is 2.20. The topological polar surface area (TPSA) is 46.9 Å². The lowest BCUT2D eigenvalue weighted by atomic mass is 10.0. The molecular formula is C14H16FN3O. The Kier molecular flexibility index (Phi) is 2.77. The van der Waals surface area contributed by atoms with Gasteiger partial charge in [-0.25, -0.2) is 4.39 Å².